The van der Waals surface area contributed by atoms with Gasteiger partial charge in [-0.15, -0.1) is 0 Å². The SMILES string of the molecule is CS(=O)(=O)c1ccc(CNc2ccccc2S(=O)(=O)C(F)(F)F)cc1. The number of hydrogen-bond acceptors (Lipinski definition) is 5. The van der Waals surface area contributed by atoms with Gasteiger partial charge in [0.1, 0.15) is 0 Å². The first kappa shape index (κ1) is 19.3. The largest absolute Gasteiger partial charge is 0.501 e. The van der Waals surface area contributed by atoms with E-state index in [1.807, 2.05) is 0 Å². The smallest absolute Gasteiger partial charge is 0.380 e. The lowest BCUT2D eigenvalue weighted by molar-refractivity contribution is -0.0435. The van der Waals surface area contributed by atoms with Gasteiger partial charge in [-0.3, -0.25) is 0 Å². The molecule has 0 radical (unpaired) electrons. The van der Waals surface area contributed by atoms with Gasteiger partial charge < -0.3 is 5.32 Å². The predicted octanol–water partition coefficient (Wildman–Crippen LogP) is 3.00. The van der Waals surface area contributed by atoms with Gasteiger partial charge in [-0.25, -0.2) is 16.8 Å². The van der Waals surface area contributed by atoms with Gasteiger partial charge in [-0.1, -0.05) is 24.3 Å². The molecule has 0 amide bonds. The minimum absolute atomic E-state index is 0.0223. The molecule has 0 bridgehead atoms. The van der Waals surface area contributed by atoms with Crippen molar-refractivity contribution in [3.8, 4) is 0 Å². The summed E-state index contributed by atoms with van der Waals surface area (Å²) < 4.78 is 84.2. The van der Waals surface area contributed by atoms with Crippen molar-refractivity contribution in [1.29, 1.82) is 0 Å². The molecule has 0 aliphatic heterocycles. The van der Waals surface area contributed by atoms with E-state index in [-0.39, 0.29) is 17.1 Å². The maximum atomic E-state index is 12.7. The molecule has 1 N–H and O–H groups in total. The molecule has 0 spiro atoms. The molecule has 0 aliphatic rings. The molecule has 25 heavy (non-hydrogen) atoms. The van der Waals surface area contributed by atoms with Gasteiger partial charge in [0.15, 0.2) is 9.84 Å². The first-order chi connectivity index (χ1) is 11.4. The molecule has 10 heteroatoms. The molecule has 2 aromatic rings. The lowest BCUT2D eigenvalue weighted by Gasteiger charge is -2.14. The highest BCUT2D eigenvalue weighted by molar-refractivity contribution is 7.92. The first-order valence-corrected chi connectivity index (χ1v) is 10.2. The molecule has 136 valence electrons. The number of anilines is 1. The van der Waals surface area contributed by atoms with Crippen LogP contribution >= 0.6 is 0 Å². The lowest BCUT2D eigenvalue weighted by Crippen LogP contribution is -2.24. The fraction of sp³-hybridized carbons (Fsp3) is 0.200. The Morgan fingerprint density at radius 3 is 2.00 bits per heavy atom. The van der Waals surface area contributed by atoms with Crippen LogP contribution in [-0.2, 0) is 26.2 Å². The van der Waals surface area contributed by atoms with Crippen LogP contribution in [0.15, 0.2) is 58.3 Å². The third kappa shape index (κ3) is 4.31. The number of alkyl halides is 3. The van der Waals surface area contributed by atoms with Gasteiger partial charge in [0.2, 0.25) is 0 Å². The summed E-state index contributed by atoms with van der Waals surface area (Å²) in [6, 6.07) is 10.4. The van der Waals surface area contributed by atoms with Crippen molar-refractivity contribution in [1.82, 2.24) is 0 Å². The Labute approximate surface area is 143 Å². The summed E-state index contributed by atoms with van der Waals surface area (Å²) >= 11 is 0. The number of hydrogen-bond donors (Lipinski definition) is 1. The van der Waals surface area contributed by atoms with Crippen molar-refractivity contribution in [2.75, 3.05) is 11.6 Å². The number of rotatable bonds is 5. The van der Waals surface area contributed by atoms with Crippen molar-refractivity contribution in [3.05, 3.63) is 54.1 Å². The molecule has 2 aromatic carbocycles. The van der Waals surface area contributed by atoms with Crippen molar-refractivity contribution in [2.45, 2.75) is 21.8 Å². The van der Waals surface area contributed by atoms with Gasteiger partial charge >= 0.3 is 5.51 Å². The maximum Gasteiger partial charge on any atom is 0.501 e. The van der Waals surface area contributed by atoms with Crippen LogP contribution in [0.4, 0.5) is 18.9 Å². The fourth-order valence-corrected chi connectivity index (χ4v) is 3.59. The molecule has 0 fully saturated rings. The third-order valence-corrected chi connectivity index (χ3v) is 5.99. The minimum Gasteiger partial charge on any atom is -0.380 e. The molecule has 5 nitrogen and oxygen atoms in total. The molecule has 0 saturated carbocycles. The van der Waals surface area contributed by atoms with Crippen molar-refractivity contribution in [3.63, 3.8) is 0 Å². The highest BCUT2D eigenvalue weighted by atomic mass is 32.2. The van der Waals surface area contributed by atoms with Crippen LogP contribution in [0.1, 0.15) is 5.56 Å². The normalized spacial score (nSPS) is 12.8. The molecule has 0 aliphatic carbocycles. The van der Waals surface area contributed by atoms with E-state index in [2.05, 4.69) is 5.32 Å². The Bertz CT molecular complexity index is 967. The van der Waals surface area contributed by atoms with E-state index in [0.717, 1.165) is 12.3 Å². The van der Waals surface area contributed by atoms with Crippen LogP contribution in [0.25, 0.3) is 0 Å². The average Bonchev–Trinajstić information content (AvgIpc) is 2.51. The number of nitrogens with one attached hydrogen (secondary N) is 1. The second-order valence-electron chi connectivity index (χ2n) is 5.22. The second kappa shape index (κ2) is 6.68. The number of para-hydroxylation sites is 1. The van der Waals surface area contributed by atoms with Crippen molar-refractivity contribution >= 4 is 25.4 Å². The zero-order chi connectivity index (χ0) is 18.9. The van der Waals surface area contributed by atoms with Crippen LogP contribution in [0.2, 0.25) is 0 Å². The van der Waals surface area contributed by atoms with Crippen molar-refractivity contribution < 1.29 is 30.0 Å². The zero-order valence-corrected chi connectivity index (χ0v) is 14.5. The van der Waals surface area contributed by atoms with Crippen LogP contribution in [0.3, 0.4) is 0 Å². The maximum absolute atomic E-state index is 12.7. The van der Waals surface area contributed by atoms with E-state index in [4.69, 9.17) is 0 Å². The molecule has 0 aromatic heterocycles. The summed E-state index contributed by atoms with van der Waals surface area (Å²) in [4.78, 5) is -0.758. The van der Waals surface area contributed by atoms with Crippen LogP contribution in [-0.4, -0.2) is 28.6 Å². The predicted molar refractivity (Wildman–Crippen MR) is 86.6 cm³/mol. The van der Waals surface area contributed by atoms with Crippen molar-refractivity contribution in [2.24, 2.45) is 0 Å². The molecular formula is C15H14F3NO4S2. The summed E-state index contributed by atoms with van der Waals surface area (Å²) in [5, 5.41) is 2.64. The number of benzene rings is 2. The average molecular weight is 393 g/mol. The second-order valence-corrected chi connectivity index (χ2v) is 9.14. The quantitative estimate of drug-likeness (QED) is 0.845. The fourth-order valence-electron chi connectivity index (χ4n) is 2.02. The summed E-state index contributed by atoms with van der Waals surface area (Å²) in [6.07, 6.45) is 1.05. The Morgan fingerprint density at radius 1 is 0.920 bits per heavy atom. The topological polar surface area (TPSA) is 80.3 Å². The van der Waals surface area contributed by atoms with E-state index in [0.29, 0.717) is 5.56 Å². The Morgan fingerprint density at radius 2 is 1.48 bits per heavy atom. The third-order valence-electron chi connectivity index (χ3n) is 3.32. The Balaban J connectivity index is 2.26. The monoisotopic (exact) mass is 393 g/mol. The minimum atomic E-state index is -5.48. The highest BCUT2D eigenvalue weighted by Crippen LogP contribution is 2.34. The van der Waals surface area contributed by atoms with E-state index < -0.39 is 30.1 Å². The molecule has 2 rings (SSSR count). The molecule has 0 saturated heterocycles. The van der Waals surface area contributed by atoms with Gasteiger partial charge in [-0.05, 0) is 29.8 Å². The molecule has 0 heterocycles. The van der Waals surface area contributed by atoms with Gasteiger partial charge in [0, 0.05) is 12.8 Å². The zero-order valence-electron chi connectivity index (χ0n) is 12.9. The summed E-state index contributed by atoms with van der Waals surface area (Å²) in [5.74, 6) is 0. The Hall–Kier alpha value is -2.07. The summed E-state index contributed by atoms with van der Waals surface area (Å²) in [6.45, 7) is 0.0223. The van der Waals surface area contributed by atoms with E-state index in [1.54, 1.807) is 0 Å². The highest BCUT2D eigenvalue weighted by Gasteiger charge is 2.47. The first-order valence-electron chi connectivity index (χ1n) is 6.86. The standard InChI is InChI=1S/C15H14F3NO4S2/c1-24(20,21)12-8-6-11(7-9-12)10-19-13-4-2-3-5-14(13)25(22,23)15(16,17)18/h2-9,19H,10H2,1H3. The molecule has 0 atom stereocenters. The molecule has 0 unspecified atom stereocenters. The molecular weight excluding hydrogens is 379 g/mol. The van der Waals surface area contributed by atoms with Gasteiger partial charge in [0.25, 0.3) is 9.84 Å². The van der Waals surface area contributed by atoms with Crippen LogP contribution in [0, 0.1) is 0 Å². The number of sulfone groups is 2. The summed E-state index contributed by atoms with van der Waals surface area (Å²) in [5.41, 5.74) is -5.01. The van der Waals surface area contributed by atoms with Crippen LogP contribution < -0.4 is 5.32 Å². The Kier molecular flexibility index (Phi) is 5.14. The lowest BCUT2D eigenvalue weighted by atomic mass is 10.2. The summed E-state index contributed by atoms with van der Waals surface area (Å²) in [7, 11) is -8.83. The number of halogens is 3. The van der Waals surface area contributed by atoms with Crippen LogP contribution in [0.5, 0.6) is 0 Å². The van der Waals surface area contributed by atoms with E-state index in [9.17, 15) is 30.0 Å². The van der Waals surface area contributed by atoms with Gasteiger partial charge in [-0.2, -0.15) is 13.2 Å². The van der Waals surface area contributed by atoms with E-state index >= 15 is 0 Å². The van der Waals surface area contributed by atoms with E-state index in [1.165, 1.54) is 42.5 Å². The van der Waals surface area contributed by atoms with Gasteiger partial charge in [0.05, 0.1) is 15.5 Å².